The van der Waals surface area contributed by atoms with Crippen LogP contribution in [-0.2, 0) is 4.74 Å². The van der Waals surface area contributed by atoms with Crippen LogP contribution >= 0.6 is 0 Å². The molecule has 3 rings (SSSR count). The van der Waals surface area contributed by atoms with E-state index in [9.17, 15) is 9.59 Å². The highest BCUT2D eigenvalue weighted by atomic mass is 16.5. The Hall–Kier alpha value is -2.10. The van der Waals surface area contributed by atoms with Gasteiger partial charge in [0, 0.05) is 10.9 Å². The Morgan fingerprint density at radius 2 is 1.95 bits per heavy atom. The van der Waals surface area contributed by atoms with Gasteiger partial charge in [-0.15, -0.1) is 0 Å². The molecule has 0 unspecified atom stereocenters. The van der Waals surface area contributed by atoms with Crippen molar-refractivity contribution in [1.29, 1.82) is 0 Å². The predicted octanol–water partition coefficient (Wildman–Crippen LogP) is 2.97. The number of carbonyl (C=O) groups excluding carboxylic acids is 1. The third-order valence-corrected chi connectivity index (χ3v) is 4.11. The Morgan fingerprint density at radius 3 is 2.65 bits per heavy atom. The highest BCUT2D eigenvalue weighted by Gasteiger charge is 2.27. The molecular weight excluding hydrogens is 254 g/mol. The van der Waals surface area contributed by atoms with E-state index in [1.165, 1.54) is 7.11 Å². The zero-order valence-corrected chi connectivity index (χ0v) is 11.4. The molecule has 4 heteroatoms. The summed E-state index contributed by atoms with van der Waals surface area (Å²) in [6.07, 6.45) is 4.34. The van der Waals surface area contributed by atoms with E-state index in [2.05, 4.69) is 4.98 Å². The Kier molecular flexibility index (Phi) is 3.30. The lowest BCUT2D eigenvalue weighted by Crippen LogP contribution is -2.23. The van der Waals surface area contributed by atoms with Crippen LogP contribution in [0.1, 0.15) is 47.5 Å². The topological polar surface area (TPSA) is 59.2 Å². The second kappa shape index (κ2) is 5.12. The second-order valence-electron chi connectivity index (χ2n) is 5.26. The van der Waals surface area contributed by atoms with E-state index in [1.54, 1.807) is 0 Å². The first-order chi connectivity index (χ1) is 9.72. The number of rotatable bonds is 2. The third-order valence-electron chi connectivity index (χ3n) is 4.11. The fourth-order valence-electron chi connectivity index (χ4n) is 3.21. The fraction of sp³-hybridized carbons (Fsp3) is 0.375. The number of H-pyrrole nitrogens is 1. The summed E-state index contributed by atoms with van der Waals surface area (Å²) in [5, 5.41) is 0.958. The summed E-state index contributed by atoms with van der Waals surface area (Å²) in [4.78, 5) is 27.0. The SMILES string of the molecule is COC(=O)c1c(C2CCCC2)c2ccccc2[nH]c1=O. The van der Waals surface area contributed by atoms with Gasteiger partial charge in [0.15, 0.2) is 0 Å². The number of aromatic amines is 1. The van der Waals surface area contributed by atoms with Crippen molar-refractivity contribution in [3.63, 3.8) is 0 Å². The van der Waals surface area contributed by atoms with Crippen LogP contribution in [0.4, 0.5) is 0 Å². The Bertz CT molecular complexity index is 711. The molecule has 1 heterocycles. The van der Waals surface area contributed by atoms with Gasteiger partial charge in [-0.25, -0.2) is 4.79 Å². The maximum atomic E-state index is 12.3. The van der Waals surface area contributed by atoms with Crippen molar-refractivity contribution in [2.75, 3.05) is 7.11 Å². The minimum absolute atomic E-state index is 0.179. The van der Waals surface area contributed by atoms with Crippen LogP contribution < -0.4 is 5.56 Å². The zero-order chi connectivity index (χ0) is 14.1. The molecule has 1 aromatic carbocycles. The van der Waals surface area contributed by atoms with E-state index in [1.807, 2.05) is 24.3 Å². The number of esters is 1. The standard InChI is InChI=1S/C16H17NO3/c1-20-16(19)14-13(10-6-2-3-7-10)11-8-4-5-9-12(11)17-15(14)18/h4-5,8-10H,2-3,6-7H2,1H3,(H,17,18). The highest BCUT2D eigenvalue weighted by Crippen LogP contribution is 2.38. The molecule has 0 bridgehead atoms. The summed E-state index contributed by atoms with van der Waals surface area (Å²) in [5.41, 5.74) is 1.48. The van der Waals surface area contributed by atoms with Gasteiger partial charge in [0.25, 0.3) is 5.56 Å². The van der Waals surface area contributed by atoms with Crippen molar-refractivity contribution in [2.24, 2.45) is 0 Å². The van der Waals surface area contributed by atoms with E-state index < -0.39 is 5.97 Å². The molecule has 0 atom stereocenters. The van der Waals surface area contributed by atoms with Gasteiger partial charge in [-0.2, -0.15) is 0 Å². The van der Waals surface area contributed by atoms with Crippen LogP contribution in [0, 0.1) is 0 Å². The van der Waals surface area contributed by atoms with Gasteiger partial charge in [-0.1, -0.05) is 31.0 Å². The molecule has 4 nitrogen and oxygen atoms in total. The van der Waals surface area contributed by atoms with E-state index in [0.717, 1.165) is 42.1 Å². The van der Waals surface area contributed by atoms with Crippen LogP contribution in [0.5, 0.6) is 0 Å². The first kappa shape index (κ1) is 12.9. The van der Waals surface area contributed by atoms with Gasteiger partial charge in [-0.3, -0.25) is 4.79 Å². The first-order valence-electron chi connectivity index (χ1n) is 6.95. The highest BCUT2D eigenvalue weighted by molar-refractivity contribution is 5.97. The molecule has 0 spiro atoms. The molecule has 1 aliphatic carbocycles. The van der Waals surface area contributed by atoms with Gasteiger partial charge < -0.3 is 9.72 Å². The number of benzene rings is 1. The average Bonchev–Trinajstić information content (AvgIpc) is 2.99. The minimum Gasteiger partial charge on any atom is -0.465 e. The van der Waals surface area contributed by atoms with E-state index >= 15 is 0 Å². The average molecular weight is 271 g/mol. The molecule has 0 amide bonds. The van der Waals surface area contributed by atoms with Crippen molar-refractivity contribution in [3.05, 3.63) is 45.7 Å². The van der Waals surface area contributed by atoms with Gasteiger partial charge >= 0.3 is 5.97 Å². The number of fused-ring (bicyclic) bond motifs is 1. The van der Waals surface area contributed by atoms with E-state index in [0.29, 0.717) is 0 Å². The number of carbonyl (C=O) groups is 1. The number of aromatic nitrogens is 1. The Balaban J connectivity index is 2.35. The number of ether oxygens (including phenoxy) is 1. The van der Waals surface area contributed by atoms with Gasteiger partial charge in [0.05, 0.1) is 7.11 Å². The van der Waals surface area contributed by atoms with E-state index in [-0.39, 0.29) is 17.0 Å². The lowest BCUT2D eigenvalue weighted by atomic mass is 9.90. The van der Waals surface area contributed by atoms with Crippen LogP contribution in [0.3, 0.4) is 0 Å². The molecular formula is C16H17NO3. The maximum absolute atomic E-state index is 12.3. The van der Waals surface area contributed by atoms with Crippen molar-refractivity contribution < 1.29 is 9.53 Å². The number of pyridine rings is 1. The first-order valence-corrected chi connectivity index (χ1v) is 6.95. The summed E-state index contributed by atoms with van der Waals surface area (Å²) < 4.78 is 4.81. The summed E-state index contributed by atoms with van der Waals surface area (Å²) in [6, 6.07) is 7.65. The molecule has 1 aliphatic rings. The number of methoxy groups -OCH3 is 1. The molecule has 104 valence electrons. The van der Waals surface area contributed by atoms with Crippen molar-refractivity contribution >= 4 is 16.9 Å². The lowest BCUT2D eigenvalue weighted by Gasteiger charge is -2.16. The minimum atomic E-state index is -0.543. The predicted molar refractivity (Wildman–Crippen MR) is 77.1 cm³/mol. The Morgan fingerprint density at radius 1 is 1.25 bits per heavy atom. The third kappa shape index (κ3) is 2.01. The smallest absolute Gasteiger partial charge is 0.343 e. The molecule has 0 saturated heterocycles. The molecule has 1 fully saturated rings. The van der Waals surface area contributed by atoms with Crippen molar-refractivity contribution in [3.8, 4) is 0 Å². The number of hydrogen-bond donors (Lipinski definition) is 1. The summed E-state index contributed by atoms with van der Waals surface area (Å²) in [5.74, 6) is -0.268. The van der Waals surface area contributed by atoms with Crippen LogP contribution in [0.15, 0.2) is 29.1 Å². The lowest BCUT2D eigenvalue weighted by molar-refractivity contribution is 0.0597. The molecule has 1 N–H and O–H groups in total. The molecule has 20 heavy (non-hydrogen) atoms. The van der Waals surface area contributed by atoms with Crippen LogP contribution in [0.25, 0.3) is 10.9 Å². The van der Waals surface area contributed by atoms with Gasteiger partial charge in [0.2, 0.25) is 0 Å². The number of nitrogens with one attached hydrogen (secondary N) is 1. The van der Waals surface area contributed by atoms with Gasteiger partial charge in [0.1, 0.15) is 5.56 Å². The van der Waals surface area contributed by atoms with Crippen LogP contribution in [-0.4, -0.2) is 18.1 Å². The molecule has 0 radical (unpaired) electrons. The number of hydrogen-bond acceptors (Lipinski definition) is 3. The quantitative estimate of drug-likeness (QED) is 0.854. The second-order valence-corrected chi connectivity index (χ2v) is 5.26. The molecule has 2 aromatic rings. The zero-order valence-electron chi connectivity index (χ0n) is 11.4. The summed E-state index contributed by atoms with van der Waals surface area (Å²) in [6.45, 7) is 0. The molecule has 1 aromatic heterocycles. The fourth-order valence-corrected chi connectivity index (χ4v) is 3.21. The number of para-hydroxylation sites is 1. The molecule has 1 saturated carbocycles. The molecule has 0 aliphatic heterocycles. The largest absolute Gasteiger partial charge is 0.465 e. The summed E-state index contributed by atoms with van der Waals surface area (Å²) >= 11 is 0. The van der Waals surface area contributed by atoms with Crippen molar-refractivity contribution in [2.45, 2.75) is 31.6 Å². The maximum Gasteiger partial charge on any atom is 0.343 e. The van der Waals surface area contributed by atoms with E-state index in [4.69, 9.17) is 4.74 Å². The Labute approximate surface area is 116 Å². The van der Waals surface area contributed by atoms with Crippen LogP contribution in [0.2, 0.25) is 0 Å². The van der Waals surface area contributed by atoms with Gasteiger partial charge in [-0.05, 0) is 30.4 Å². The van der Waals surface area contributed by atoms with Crippen molar-refractivity contribution in [1.82, 2.24) is 4.98 Å². The monoisotopic (exact) mass is 271 g/mol. The normalized spacial score (nSPS) is 15.7. The summed E-state index contributed by atoms with van der Waals surface area (Å²) in [7, 11) is 1.31.